The number of nitrogens with one attached hydrogen (secondary N) is 1. The summed E-state index contributed by atoms with van der Waals surface area (Å²) < 4.78 is 1.68. The number of thiophene rings is 1. The van der Waals surface area contributed by atoms with Crippen LogP contribution in [-0.4, -0.2) is 10.5 Å². The fraction of sp³-hybridized carbons (Fsp3) is 0.0909. The van der Waals surface area contributed by atoms with Crippen LogP contribution in [-0.2, 0) is 13.1 Å². The molecule has 0 bridgehead atoms. The molecule has 0 unspecified atom stereocenters. The number of hydrogen-bond acceptors (Lipinski definition) is 3. The van der Waals surface area contributed by atoms with Gasteiger partial charge in [0.05, 0.1) is 24.2 Å². The maximum Gasteiger partial charge on any atom is 0.252 e. The Morgan fingerprint density at radius 3 is 2.57 bits per heavy atom. The van der Waals surface area contributed by atoms with E-state index in [1.54, 1.807) is 28.0 Å². The highest BCUT2D eigenvalue weighted by atomic mass is 35.5. The summed E-state index contributed by atoms with van der Waals surface area (Å²) in [6, 6.07) is 20.2. The molecule has 140 valence electrons. The van der Waals surface area contributed by atoms with Crippen LogP contribution in [0.1, 0.15) is 20.8 Å². The zero-order chi connectivity index (χ0) is 19.5. The van der Waals surface area contributed by atoms with Crippen LogP contribution >= 0.6 is 22.9 Å². The molecule has 2 aromatic heterocycles. The molecule has 2 aromatic carbocycles. The van der Waals surface area contributed by atoms with Crippen LogP contribution in [0.4, 0.5) is 0 Å². The Morgan fingerprint density at radius 1 is 1.04 bits per heavy atom. The van der Waals surface area contributed by atoms with E-state index in [1.807, 2.05) is 53.9 Å². The van der Waals surface area contributed by atoms with Gasteiger partial charge in [0.2, 0.25) is 0 Å². The molecule has 4 rings (SSSR count). The van der Waals surface area contributed by atoms with Crippen LogP contribution in [0.5, 0.6) is 0 Å². The van der Waals surface area contributed by atoms with Crippen molar-refractivity contribution in [3.05, 3.63) is 103 Å². The van der Waals surface area contributed by atoms with Crippen molar-refractivity contribution in [2.24, 2.45) is 0 Å². The lowest BCUT2D eigenvalue weighted by molar-refractivity contribution is 0.0952. The van der Waals surface area contributed by atoms with E-state index in [1.165, 1.54) is 6.07 Å². The first kappa shape index (κ1) is 18.5. The summed E-state index contributed by atoms with van der Waals surface area (Å²) in [5.41, 5.74) is 1.87. The van der Waals surface area contributed by atoms with Crippen LogP contribution in [0.2, 0.25) is 5.02 Å². The molecule has 1 amide bonds. The summed E-state index contributed by atoms with van der Waals surface area (Å²) in [6.45, 7) is 0.853. The fourth-order valence-electron chi connectivity index (χ4n) is 3.13. The molecule has 2 heterocycles. The number of para-hydroxylation sites is 1. The highest BCUT2D eigenvalue weighted by Gasteiger charge is 2.15. The number of benzene rings is 2. The monoisotopic (exact) mass is 408 g/mol. The molecule has 0 spiro atoms. The molecule has 0 saturated carbocycles. The molecule has 6 heteroatoms. The zero-order valence-corrected chi connectivity index (χ0v) is 16.5. The first-order valence-corrected chi connectivity index (χ1v) is 10.1. The van der Waals surface area contributed by atoms with E-state index >= 15 is 0 Å². The largest absolute Gasteiger partial charge is 0.347 e. The van der Waals surface area contributed by atoms with E-state index < -0.39 is 0 Å². The van der Waals surface area contributed by atoms with Gasteiger partial charge in [0.1, 0.15) is 0 Å². The third-order valence-electron chi connectivity index (χ3n) is 4.52. The Hall–Kier alpha value is -2.89. The van der Waals surface area contributed by atoms with Crippen molar-refractivity contribution in [1.82, 2.24) is 9.88 Å². The molecular formula is C22H17ClN2O2S. The highest BCUT2D eigenvalue weighted by Crippen LogP contribution is 2.19. The summed E-state index contributed by atoms with van der Waals surface area (Å²) in [4.78, 5) is 26.6. The minimum atomic E-state index is -0.250. The minimum absolute atomic E-state index is 0.213. The fourth-order valence-corrected chi connectivity index (χ4v) is 3.90. The van der Waals surface area contributed by atoms with Crippen molar-refractivity contribution in [2.75, 3.05) is 0 Å². The third-order valence-corrected chi connectivity index (χ3v) is 5.65. The average Bonchev–Trinajstić information content (AvgIpc) is 3.23. The summed E-state index contributed by atoms with van der Waals surface area (Å²) in [7, 11) is 0. The number of rotatable bonds is 5. The molecule has 4 aromatic rings. The SMILES string of the molecule is O=C(NCc1cccs1)c1cc(=O)n(Cc2ccc(Cl)cc2)c2ccccc12. The number of hydrogen-bond donors (Lipinski definition) is 1. The molecule has 0 aliphatic heterocycles. The van der Waals surface area contributed by atoms with Gasteiger partial charge in [0, 0.05) is 21.4 Å². The molecular weight excluding hydrogens is 392 g/mol. The van der Waals surface area contributed by atoms with Crippen LogP contribution in [0.15, 0.2) is 76.9 Å². The smallest absolute Gasteiger partial charge is 0.252 e. The van der Waals surface area contributed by atoms with E-state index in [0.717, 1.165) is 21.3 Å². The standard InChI is InChI=1S/C22H17ClN2O2S/c23-16-9-7-15(8-10-16)14-25-20-6-2-1-5-18(20)19(12-21(25)26)22(27)24-13-17-4-3-11-28-17/h1-12H,13-14H2,(H,24,27). The molecule has 0 aliphatic carbocycles. The Labute approximate surface area is 171 Å². The van der Waals surface area contributed by atoms with Gasteiger partial charge in [-0.2, -0.15) is 0 Å². The molecule has 0 aliphatic rings. The van der Waals surface area contributed by atoms with Gasteiger partial charge in [0.15, 0.2) is 0 Å². The minimum Gasteiger partial charge on any atom is -0.347 e. The normalized spacial score (nSPS) is 10.9. The van der Waals surface area contributed by atoms with E-state index in [-0.39, 0.29) is 11.5 Å². The lowest BCUT2D eigenvalue weighted by atomic mass is 10.1. The predicted octanol–water partition coefficient (Wildman–Crippen LogP) is 4.69. The Bertz CT molecular complexity index is 1180. The summed E-state index contributed by atoms with van der Waals surface area (Å²) in [5, 5.41) is 6.27. The molecule has 0 fully saturated rings. The van der Waals surface area contributed by atoms with Crippen molar-refractivity contribution in [3.8, 4) is 0 Å². The van der Waals surface area contributed by atoms with Crippen molar-refractivity contribution >= 4 is 39.7 Å². The summed E-state index contributed by atoms with van der Waals surface area (Å²) in [5.74, 6) is -0.250. The van der Waals surface area contributed by atoms with Gasteiger partial charge in [-0.05, 0) is 35.2 Å². The first-order valence-electron chi connectivity index (χ1n) is 8.79. The van der Waals surface area contributed by atoms with Crippen LogP contribution in [0, 0.1) is 0 Å². The molecule has 1 N–H and O–H groups in total. The van der Waals surface area contributed by atoms with Gasteiger partial charge < -0.3 is 9.88 Å². The second-order valence-corrected chi connectivity index (χ2v) is 7.86. The quantitative estimate of drug-likeness (QED) is 0.520. The van der Waals surface area contributed by atoms with Crippen molar-refractivity contribution < 1.29 is 4.79 Å². The van der Waals surface area contributed by atoms with Gasteiger partial charge >= 0.3 is 0 Å². The predicted molar refractivity (Wildman–Crippen MR) is 114 cm³/mol. The molecule has 0 atom stereocenters. The molecule has 28 heavy (non-hydrogen) atoms. The van der Waals surface area contributed by atoms with E-state index in [4.69, 9.17) is 11.6 Å². The van der Waals surface area contributed by atoms with Crippen LogP contribution < -0.4 is 10.9 Å². The second kappa shape index (κ2) is 8.00. The van der Waals surface area contributed by atoms with Gasteiger partial charge in [-0.25, -0.2) is 0 Å². The van der Waals surface area contributed by atoms with E-state index in [9.17, 15) is 9.59 Å². The molecule has 0 saturated heterocycles. The van der Waals surface area contributed by atoms with Crippen molar-refractivity contribution in [3.63, 3.8) is 0 Å². The average molecular weight is 409 g/mol. The maximum absolute atomic E-state index is 12.8. The lowest BCUT2D eigenvalue weighted by Gasteiger charge is -2.14. The van der Waals surface area contributed by atoms with Crippen molar-refractivity contribution in [1.29, 1.82) is 0 Å². The van der Waals surface area contributed by atoms with Gasteiger partial charge in [-0.3, -0.25) is 9.59 Å². The number of carbonyl (C=O) groups is 1. The number of halogens is 1. The van der Waals surface area contributed by atoms with Crippen LogP contribution in [0.3, 0.4) is 0 Å². The molecule has 4 nitrogen and oxygen atoms in total. The number of fused-ring (bicyclic) bond motifs is 1. The number of amides is 1. The van der Waals surface area contributed by atoms with E-state index in [2.05, 4.69) is 5.32 Å². The lowest BCUT2D eigenvalue weighted by Crippen LogP contribution is -2.27. The van der Waals surface area contributed by atoms with Crippen LogP contribution in [0.25, 0.3) is 10.9 Å². The molecule has 0 radical (unpaired) electrons. The zero-order valence-electron chi connectivity index (χ0n) is 14.9. The van der Waals surface area contributed by atoms with Gasteiger partial charge in [-0.1, -0.05) is 48.0 Å². The Kier molecular flexibility index (Phi) is 5.28. The summed E-state index contributed by atoms with van der Waals surface area (Å²) >= 11 is 7.53. The Balaban J connectivity index is 1.70. The number of carbonyl (C=O) groups excluding carboxylic acids is 1. The second-order valence-electron chi connectivity index (χ2n) is 6.39. The number of pyridine rings is 1. The first-order chi connectivity index (χ1) is 13.6. The highest BCUT2D eigenvalue weighted by molar-refractivity contribution is 7.09. The van der Waals surface area contributed by atoms with Gasteiger partial charge in [-0.15, -0.1) is 11.3 Å². The van der Waals surface area contributed by atoms with Crippen molar-refractivity contribution in [2.45, 2.75) is 13.1 Å². The third kappa shape index (κ3) is 3.86. The van der Waals surface area contributed by atoms with E-state index in [0.29, 0.717) is 23.7 Å². The topological polar surface area (TPSA) is 51.1 Å². The number of aromatic nitrogens is 1. The maximum atomic E-state index is 12.8. The summed E-state index contributed by atoms with van der Waals surface area (Å²) in [6.07, 6.45) is 0. The Morgan fingerprint density at radius 2 is 1.82 bits per heavy atom. The number of nitrogens with zero attached hydrogens (tertiary/aromatic N) is 1. The van der Waals surface area contributed by atoms with Gasteiger partial charge in [0.25, 0.3) is 11.5 Å².